The Labute approximate surface area is 175 Å². The maximum absolute atomic E-state index is 12.3. The molecule has 2 N–H and O–H groups in total. The van der Waals surface area contributed by atoms with Gasteiger partial charge >= 0.3 is 5.97 Å². The highest BCUT2D eigenvalue weighted by Gasteiger charge is 2.21. The smallest absolute Gasteiger partial charge is 0.338 e. The molecule has 0 unspecified atom stereocenters. The van der Waals surface area contributed by atoms with Crippen molar-refractivity contribution in [3.8, 4) is 6.07 Å². The van der Waals surface area contributed by atoms with Crippen LogP contribution in [-0.2, 0) is 19.6 Å². The fraction of sp³-hybridized carbons (Fsp3) is 0.286. The molecule has 0 saturated carbocycles. The Morgan fingerprint density at radius 3 is 2.30 bits per heavy atom. The van der Waals surface area contributed by atoms with Crippen LogP contribution in [0.25, 0.3) is 0 Å². The zero-order valence-corrected chi connectivity index (χ0v) is 17.5. The molecule has 2 aromatic rings. The lowest BCUT2D eigenvalue weighted by Gasteiger charge is -2.18. The van der Waals surface area contributed by atoms with Gasteiger partial charge in [-0.25, -0.2) is 17.9 Å². The summed E-state index contributed by atoms with van der Waals surface area (Å²) >= 11 is 0. The average molecular weight is 429 g/mol. The second-order valence-corrected chi connectivity index (χ2v) is 8.29. The predicted octanol–water partition coefficient (Wildman–Crippen LogP) is 2.30. The molecule has 0 bridgehead atoms. The molecule has 0 spiro atoms. The lowest BCUT2D eigenvalue weighted by molar-refractivity contribution is -0.129. The van der Waals surface area contributed by atoms with E-state index in [0.29, 0.717) is 0 Å². The number of carbonyl (C=O) groups excluding carboxylic acids is 2. The van der Waals surface area contributed by atoms with Crippen LogP contribution in [0.4, 0.5) is 0 Å². The minimum atomic E-state index is -3.77. The first-order valence-corrected chi connectivity index (χ1v) is 10.8. The molecule has 0 aromatic heterocycles. The molecule has 2 aromatic carbocycles. The molecule has 1 amide bonds. The number of sulfonamides is 1. The van der Waals surface area contributed by atoms with E-state index in [2.05, 4.69) is 10.0 Å². The standard InChI is InChI=1S/C21H23N3O5S/c1-15(17-7-4-3-5-8-17)24-20(25)16(2)29-21(26)18-9-11-19(12-10-18)30(27,28)23-14-6-13-22/h3-5,7-12,15-16,23H,6,14H2,1-2H3,(H,24,25)/t15-,16+/m0/s1. The van der Waals surface area contributed by atoms with E-state index < -0.39 is 28.0 Å². The van der Waals surface area contributed by atoms with Gasteiger partial charge in [0.2, 0.25) is 10.0 Å². The Morgan fingerprint density at radius 1 is 1.07 bits per heavy atom. The Bertz CT molecular complexity index is 1010. The van der Waals surface area contributed by atoms with E-state index in [0.717, 1.165) is 5.56 Å². The van der Waals surface area contributed by atoms with Crippen molar-refractivity contribution in [2.24, 2.45) is 0 Å². The van der Waals surface area contributed by atoms with Gasteiger partial charge in [0.25, 0.3) is 5.91 Å². The van der Waals surface area contributed by atoms with Crippen molar-refractivity contribution in [3.05, 3.63) is 65.7 Å². The average Bonchev–Trinajstić information content (AvgIpc) is 2.74. The minimum absolute atomic E-state index is 0.00332. The van der Waals surface area contributed by atoms with E-state index >= 15 is 0 Å². The summed E-state index contributed by atoms with van der Waals surface area (Å²) in [6.07, 6.45) is -0.980. The topological polar surface area (TPSA) is 125 Å². The number of rotatable bonds is 9. The SMILES string of the molecule is C[C@H](NC(=O)[C@@H](C)OC(=O)c1ccc(S(=O)(=O)NCCC#N)cc1)c1ccccc1. The van der Waals surface area contributed by atoms with Crippen LogP contribution in [0.2, 0.25) is 0 Å². The van der Waals surface area contributed by atoms with Gasteiger partial charge in [0.15, 0.2) is 6.10 Å². The molecule has 0 aliphatic carbocycles. The third-order valence-corrected chi connectivity index (χ3v) is 5.72. The quantitative estimate of drug-likeness (QED) is 0.465. The molecule has 0 fully saturated rings. The minimum Gasteiger partial charge on any atom is -0.449 e. The van der Waals surface area contributed by atoms with Crippen molar-refractivity contribution < 1.29 is 22.7 Å². The van der Waals surface area contributed by atoms with Crippen LogP contribution in [0.1, 0.15) is 42.2 Å². The first-order chi connectivity index (χ1) is 14.2. The van der Waals surface area contributed by atoms with E-state index in [-0.39, 0.29) is 29.5 Å². The van der Waals surface area contributed by atoms with E-state index in [4.69, 9.17) is 10.00 Å². The second kappa shape index (κ2) is 10.5. The lowest BCUT2D eigenvalue weighted by atomic mass is 10.1. The van der Waals surface area contributed by atoms with E-state index in [9.17, 15) is 18.0 Å². The summed E-state index contributed by atoms with van der Waals surface area (Å²) in [4.78, 5) is 24.5. The fourth-order valence-corrected chi connectivity index (χ4v) is 3.56. The van der Waals surface area contributed by atoms with Gasteiger partial charge in [-0.1, -0.05) is 30.3 Å². The van der Waals surface area contributed by atoms with E-state index in [1.54, 1.807) is 0 Å². The third-order valence-electron chi connectivity index (χ3n) is 4.24. The van der Waals surface area contributed by atoms with Gasteiger partial charge < -0.3 is 10.1 Å². The first-order valence-electron chi connectivity index (χ1n) is 9.27. The van der Waals surface area contributed by atoms with Crippen LogP contribution < -0.4 is 10.0 Å². The fourth-order valence-electron chi connectivity index (χ4n) is 2.53. The summed E-state index contributed by atoms with van der Waals surface area (Å²) in [6, 6.07) is 16.1. The molecule has 8 nitrogen and oxygen atoms in total. The Hall–Kier alpha value is -3.22. The summed E-state index contributed by atoms with van der Waals surface area (Å²) in [5.74, 6) is -1.19. The van der Waals surface area contributed by atoms with Gasteiger partial charge in [0, 0.05) is 13.0 Å². The highest BCUT2D eigenvalue weighted by molar-refractivity contribution is 7.89. The molecule has 2 rings (SSSR count). The van der Waals surface area contributed by atoms with Crippen molar-refractivity contribution in [3.63, 3.8) is 0 Å². The van der Waals surface area contributed by atoms with Gasteiger partial charge in [-0.15, -0.1) is 0 Å². The highest BCUT2D eigenvalue weighted by Crippen LogP contribution is 2.14. The van der Waals surface area contributed by atoms with Crippen molar-refractivity contribution in [2.75, 3.05) is 6.54 Å². The first kappa shape index (κ1) is 23.1. The molecule has 0 radical (unpaired) electrons. The maximum Gasteiger partial charge on any atom is 0.338 e. The molecule has 158 valence electrons. The third kappa shape index (κ3) is 6.40. The molecule has 0 heterocycles. The lowest BCUT2D eigenvalue weighted by Crippen LogP contribution is -2.37. The van der Waals surface area contributed by atoms with Crippen molar-refractivity contribution in [1.82, 2.24) is 10.0 Å². The number of nitrogens with zero attached hydrogens (tertiary/aromatic N) is 1. The molecular weight excluding hydrogens is 406 g/mol. The van der Waals surface area contributed by atoms with Gasteiger partial charge in [-0.05, 0) is 43.7 Å². The molecule has 0 aliphatic heterocycles. The molecule has 2 atom stereocenters. The van der Waals surface area contributed by atoms with Crippen molar-refractivity contribution in [2.45, 2.75) is 37.3 Å². The summed E-state index contributed by atoms with van der Waals surface area (Å²) in [7, 11) is -3.77. The van der Waals surface area contributed by atoms with Crippen LogP contribution in [-0.4, -0.2) is 32.9 Å². The number of hydrogen-bond donors (Lipinski definition) is 2. The van der Waals surface area contributed by atoms with Gasteiger partial charge in [-0.2, -0.15) is 5.26 Å². The number of carbonyl (C=O) groups is 2. The number of esters is 1. The van der Waals surface area contributed by atoms with Crippen molar-refractivity contribution >= 4 is 21.9 Å². The van der Waals surface area contributed by atoms with Crippen LogP contribution >= 0.6 is 0 Å². The predicted molar refractivity (Wildman–Crippen MR) is 110 cm³/mol. The van der Waals surface area contributed by atoms with Gasteiger partial charge in [0.05, 0.1) is 22.6 Å². The number of hydrogen-bond acceptors (Lipinski definition) is 6. The molecule has 30 heavy (non-hydrogen) atoms. The van der Waals surface area contributed by atoms with Gasteiger partial charge in [-0.3, -0.25) is 4.79 Å². The van der Waals surface area contributed by atoms with Crippen LogP contribution in [0.5, 0.6) is 0 Å². The monoisotopic (exact) mass is 429 g/mol. The zero-order chi connectivity index (χ0) is 22.1. The molecular formula is C21H23N3O5S. The number of nitriles is 1. The molecule has 0 saturated heterocycles. The summed E-state index contributed by atoms with van der Waals surface area (Å²) < 4.78 is 31.6. The Morgan fingerprint density at radius 2 is 1.70 bits per heavy atom. The Balaban J connectivity index is 1.95. The summed E-state index contributed by atoms with van der Waals surface area (Å²) in [5.41, 5.74) is 1.03. The number of amides is 1. The highest BCUT2D eigenvalue weighted by atomic mass is 32.2. The maximum atomic E-state index is 12.3. The molecule has 0 aliphatic rings. The number of benzene rings is 2. The zero-order valence-electron chi connectivity index (χ0n) is 16.7. The van der Waals surface area contributed by atoms with Crippen LogP contribution in [0.3, 0.4) is 0 Å². The van der Waals surface area contributed by atoms with E-state index in [1.165, 1.54) is 31.2 Å². The van der Waals surface area contributed by atoms with Crippen LogP contribution in [0.15, 0.2) is 59.5 Å². The number of nitrogens with one attached hydrogen (secondary N) is 2. The number of ether oxygens (including phenoxy) is 1. The summed E-state index contributed by atoms with van der Waals surface area (Å²) in [6.45, 7) is 3.28. The largest absolute Gasteiger partial charge is 0.449 e. The normalized spacial score (nSPS) is 13.0. The van der Waals surface area contributed by atoms with E-state index in [1.807, 2.05) is 43.3 Å². The van der Waals surface area contributed by atoms with Crippen molar-refractivity contribution in [1.29, 1.82) is 5.26 Å². The van der Waals surface area contributed by atoms with Gasteiger partial charge in [0.1, 0.15) is 0 Å². The second-order valence-electron chi connectivity index (χ2n) is 6.52. The van der Waals surface area contributed by atoms with Crippen LogP contribution in [0, 0.1) is 11.3 Å². The summed E-state index contributed by atoms with van der Waals surface area (Å²) in [5, 5.41) is 11.3. The molecule has 9 heteroatoms. The Kier molecular flexibility index (Phi) is 8.09.